The van der Waals surface area contributed by atoms with Crippen molar-refractivity contribution in [3.05, 3.63) is 0 Å². The van der Waals surface area contributed by atoms with Gasteiger partial charge in [-0.2, -0.15) is 0 Å². The maximum Gasteiger partial charge on any atom is 0.307 e. The van der Waals surface area contributed by atoms with E-state index in [9.17, 15) is 19.2 Å². The van der Waals surface area contributed by atoms with E-state index in [1.54, 1.807) is 7.11 Å². The molecule has 0 aromatic carbocycles. The zero-order valence-electron chi connectivity index (χ0n) is 38.0. The molecule has 58 heavy (non-hydrogen) atoms. The van der Waals surface area contributed by atoms with Gasteiger partial charge in [0.05, 0.1) is 37.9 Å². The summed E-state index contributed by atoms with van der Waals surface area (Å²) >= 11 is 0. The SMILES string of the molecule is CCOCCCN(C)CCC(=O)OCC(COC(=O)CCN(C)CCCOC)(COC(=O)CCN(C)CCCOC(C)C)COC(=O)CCN(C)CCCOC(C)C. The van der Waals surface area contributed by atoms with Gasteiger partial charge in [0.15, 0.2) is 0 Å². The van der Waals surface area contributed by atoms with Crippen LogP contribution in [0.15, 0.2) is 0 Å². The first-order valence-electron chi connectivity index (χ1n) is 21.3. The average molecular weight is 835 g/mol. The second-order valence-corrected chi connectivity index (χ2v) is 15.8. The number of rotatable bonds is 39. The Labute approximate surface area is 350 Å². The number of hydrogen-bond donors (Lipinski definition) is 0. The van der Waals surface area contributed by atoms with Crippen molar-refractivity contribution in [2.45, 2.75) is 98.2 Å². The summed E-state index contributed by atoms with van der Waals surface area (Å²) in [4.78, 5) is 60.4. The van der Waals surface area contributed by atoms with E-state index in [1.165, 1.54) is 0 Å². The van der Waals surface area contributed by atoms with Gasteiger partial charge in [0.2, 0.25) is 0 Å². The topological polar surface area (TPSA) is 155 Å². The fourth-order valence-corrected chi connectivity index (χ4v) is 5.42. The third kappa shape index (κ3) is 33.4. The summed E-state index contributed by atoms with van der Waals surface area (Å²) in [6.07, 6.45) is 4.05. The highest BCUT2D eigenvalue weighted by Gasteiger charge is 2.38. The van der Waals surface area contributed by atoms with Crippen LogP contribution in [0.4, 0.5) is 0 Å². The van der Waals surface area contributed by atoms with Crippen LogP contribution in [0, 0.1) is 5.41 Å². The van der Waals surface area contributed by atoms with Gasteiger partial charge >= 0.3 is 23.9 Å². The minimum atomic E-state index is -1.34. The maximum atomic E-state index is 13.1. The molecule has 0 saturated carbocycles. The molecule has 16 nitrogen and oxygen atoms in total. The highest BCUT2D eigenvalue weighted by molar-refractivity contribution is 5.71. The molecule has 0 rings (SSSR count). The summed E-state index contributed by atoms with van der Waals surface area (Å²) in [7, 11) is 9.33. The van der Waals surface area contributed by atoms with E-state index in [2.05, 4.69) is 0 Å². The average Bonchev–Trinajstić information content (AvgIpc) is 3.18. The highest BCUT2D eigenvalue weighted by atomic mass is 16.6. The first kappa shape index (κ1) is 55.6. The summed E-state index contributed by atoms with van der Waals surface area (Å²) in [5.41, 5.74) is -1.34. The zero-order valence-corrected chi connectivity index (χ0v) is 38.0. The van der Waals surface area contributed by atoms with Gasteiger partial charge in [0, 0.05) is 92.5 Å². The Morgan fingerprint density at radius 1 is 0.466 bits per heavy atom. The maximum absolute atomic E-state index is 13.1. The second-order valence-electron chi connectivity index (χ2n) is 15.8. The summed E-state index contributed by atoms with van der Waals surface area (Å²) in [6, 6.07) is 0. The van der Waals surface area contributed by atoms with Crippen molar-refractivity contribution < 1.29 is 57.1 Å². The molecule has 342 valence electrons. The molecule has 0 radical (unpaired) electrons. The van der Waals surface area contributed by atoms with Crippen LogP contribution in [0.5, 0.6) is 0 Å². The Bertz CT molecular complexity index is 1030. The lowest BCUT2D eigenvalue weighted by Gasteiger charge is -2.32. The van der Waals surface area contributed by atoms with Crippen LogP contribution in [0.25, 0.3) is 0 Å². The third-order valence-corrected chi connectivity index (χ3v) is 9.14. The van der Waals surface area contributed by atoms with Crippen LogP contribution in [-0.4, -0.2) is 203 Å². The van der Waals surface area contributed by atoms with Gasteiger partial charge in [-0.1, -0.05) is 0 Å². The predicted octanol–water partition coefficient (Wildman–Crippen LogP) is 3.53. The summed E-state index contributed by atoms with van der Waals surface area (Å²) < 4.78 is 44.8. The van der Waals surface area contributed by atoms with Crippen LogP contribution in [0.2, 0.25) is 0 Å². The molecule has 0 aliphatic heterocycles. The summed E-state index contributed by atoms with van der Waals surface area (Å²) in [6.45, 7) is 16.7. The van der Waals surface area contributed by atoms with Gasteiger partial charge in [0.1, 0.15) is 31.8 Å². The molecule has 0 heterocycles. The lowest BCUT2D eigenvalue weighted by molar-refractivity contribution is -0.171. The van der Waals surface area contributed by atoms with E-state index >= 15 is 0 Å². The van der Waals surface area contributed by atoms with Gasteiger partial charge < -0.3 is 57.5 Å². The van der Waals surface area contributed by atoms with Gasteiger partial charge in [-0.3, -0.25) is 19.2 Å². The van der Waals surface area contributed by atoms with E-state index in [-0.39, 0.29) is 64.3 Å². The Balaban J connectivity index is 5.84. The number of hydrogen-bond acceptors (Lipinski definition) is 16. The van der Waals surface area contributed by atoms with Crippen LogP contribution in [0.1, 0.15) is 86.0 Å². The van der Waals surface area contributed by atoms with Crippen molar-refractivity contribution >= 4 is 23.9 Å². The molecular weight excluding hydrogens is 752 g/mol. The normalized spacial score (nSPS) is 12.1. The largest absolute Gasteiger partial charge is 0.465 e. The molecule has 0 atom stereocenters. The van der Waals surface area contributed by atoms with Gasteiger partial charge in [0.25, 0.3) is 0 Å². The standard InChI is InChI=1S/C42H82N4O12/c1-11-52-29-13-21-44(7)25-17-39(48)56-33-42(32-55-38(47)16-24-43(6)20-12-28-51-10,34-57-40(49)18-26-45(8)22-14-30-53-36(2)3)35-58-41(50)19-27-46(9)23-15-31-54-37(4)5/h36-37H,11-35H2,1-10H3. The molecule has 0 unspecified atom stereocenters. The Hall–Kier alpha value is -2.44. The number of nitrogens with zero attached hydrogens (tertiary/aromatic N) is 4. The van der Waals surface area contributed by atoms with Crippen molar-refractivity contribution in [1.82, 2.24) is 19.6 Å². The molecule has 0 aliphatic carbocycles. The summed E-state index contributed by atoms with van der Waals surface area (Å²) in [5.74, 6) is -1.92. The van der Waals surface area contributed by atoms with Gasteiger partial charge in [-0.05, 0) is 88.5 Å². The molecule has 0 aliphatic rings. The Kier molecular flexibility index (Phi) is 33.8. The molecule has 0 amide bonds. The van der Waals surface area contributed by atoms with Crippen molar-refractivity contribution in [2.75, 3.05) is 147 Å². The smallest absolute Gasteiger partial charge is 0.307 e. The lowest BCUT2D eigenvalue weighted by atomic mass is 9.92. The van der Waals surface area contributed by atoms with E-state index < -0.39 is 29.3 Å². The lowest BCUT2D eigenvalue weighted by Crippen LogP contribution is -2.44. The molecule has 0 spiro atoms. The number of methoxy groups -OCH3 is 1. The zero-order chi connectivity index (χ0) is 43.6. The minimum Gasteiger partial charge on any atom is -0.465 e. The monoisotopic (exact) mass is 835 g/mol. The Morgan fingerprint density at radius 2 is 0.759 bits per heavy atom. The van der Waals surface area contributed by atoms with E-state index in [1.807, 2.05) is 82.4 Å². The molecule has 0 N–H and O–H groups in total. The molecular formula is C42H82N4O12. The molecule has 0 aromatic rings. The number of ether oxygens (including phenoxy) is 8. The molecule has 0 fully saturated rings. The summed E-state index contributed by atoms with van der Waals surface area (Å²) in [5, 5.41) is 0. The molecule has 0 saturated heterocycles. The van der Waals surface area contributed by atoms with Crippen LogP contribution in [0.3, 0.4) is 0 Å². The minimum absolute atomic E-state index is 0.108. The molecule has 0 bridgehead atoms. The van der Waals surface area contributed by atoms with Crippen LogP contribution < -0.4 is 0 Å². The first-order chi connectivity index (χ1) is 27.6. The molecule has 16 heteroatoms. The first-order valence-corrected chi connectivity index (χ1v) is 21.3. The van der Waals surface area contributed by atoms with Crippen LogP contribution in [-0.2, 0) is 57.1 Å². The van der Waals surface area contributed by atoms with Gasteiger partial charge in [-0.15, -0.1) is 0 Å². The van der Waals surface area contributed by atoms with Crippen molar-refractivity contribution in [1.29, 1.82) is 0 Å². The fraction of sp³-hybridized carbons (Fsp3) is 0.905. The van der Waals surface area contributed by atoms with E-state index in [4.69, 9.17) is 37.9 Å². The number of esters is 4. The number of carbonyl (C=O) groups is 4. The second kappa shape index (κ2) is 35.3. The Morgan fingerprint density at radius 3 is 1.03 bits per heavy atom. The van der Waals surface area contributed by atoms with Crippen molar-refractivity contribution in [2.24, 2.45) is 5.41 Å². The van der Waals surface area contributed by atoms with Crippen molar-refractivity contribution in [3.63, 3.8) is 0 Å². The number of carbonyl (C=O) groups excluding carboxylic acids is 4. The highest BCUT2D eigenvalue weighted by Crippen LogP contribution is 2.23. The molecule has 0 aromatic heterocycles. The fourth-order valence-electron chi connectivity index (χ4n) is 5.42. The van der Waals surface area contributed by atoms with Gasteiger partial charge in [-0.25, -0.2) is 0 Å². The third-order valence-electron chi connectivity index (χ3n) is 9.14. The van der Waals surface area contributed by atoms with Crippen molar-refractivity contribution in [3.8, 4) is 0 Å². The quantitative estimate of drug-likeness (QED) is 0.0504. The van der Waals surface area contributed by atoms with E-state index in [0.29, 0.717) is 59.2 Å². The predicted molar refractivity (Wildman–Crippen MR) is 224 cm³/mol. The van der Waals surface area contributed by atoms with Crippen LogP contribution >= 0.6 is 0 Å². The van der Waals surface area contributed by atoms with E-state index in [0.717, 1.165) is 51.9 Å².